The van der Waals surface area contributed by atoms with Crippen molar-refractivity contribution >= 4 is 27.4 Å². The van der Waals surface area contributed by atoms with Gasteiger partial charge in [-0.25, -0.2) is 17.8 Å². The molecule has 158 valence electrons. The van der Waals surface area contributed by atoms with Crippen LogP contribution in [0.2, 0.25) is 0 Å². The molecule has 10 heteroatoms. The number of nitrogens with one attached hydrogen (secondary N) is 1. The SMILES string of the molecule is O=C(NCCCCOc1ccc(F)cc1)C1=NN(C2CCS(=O)(=O)C2)C(=O)CC1. The lowest BCUT2D eigenvalue weighted by Gasteiger charge is -2.27. The molecule has 1 aromatic rings. The number of nitrogens with zero attached hydrogens (tertiary/aromatic N) is 2. The van der Waals surface area contributed by atoms with Gasteiger partial charge in [-0.05, 0) is 43.5 Å². The third-order valence-corrected chi connectivity index (χ3v) is 6.57. The number of carbonyl (C=O) groups is 2. The van der Waals surface area contributed by atoms with Gasteiger partial charge in [-0.15, -0.1) is 0 Å². The van der Waals surface area contributed by atoms with Gasteiger partial charge in [0, 0.05) is 19.4 Å². The van der Waals surface area contributed by atoms with Crippen LogP contribution in [-0.2, 0) is 19.4 Å². The monoisotopic (exact) mass is 425 g/mol. The number of sulfone groups is 1. The first-order chi connectivity index (χ1) is 13.8. The van der Waals surface area contributed by atoms with Gasteiger partial charge in [0.25, 0.3) is 5.91 Å². The highest BCUT2D eigenvalue weighted by Crippen LogP contribution is 2.22. The van der Waals surface area contributed by atoms with Gasteiger partial charge in [0.1, 0.15) is 17.3 Å². The van der Waals surface area contributed by atoms with Crippen molar-refractivity contribution in [3.8, 4) is 5.75 Å². The number of carbonyl (C=O) groups excluding carboxylic acids is 2. The van der Waals surface area contributed by atoms with E-state index in [2.05, 4.69) is 10.4 Å². The van der Waals surface area contributed by atoms with Gasteiger partial charge in [0.05, 0.1) is 24.2 Å². The average molecular weight is 425 g/mol. The second-order valence-electron chi connectivity index (χ2n) is 7.11. The van der Waals surface area contributed by atoms with Gasteiger partial charge in [-0.1, -0.05) is 0 Å². The summed E-state index contributed by atoms with van der Waals surface area (Å²) in [5.41, 5.74) is 0.247. The molecule has 0 saturated carbocycles. The molecule has 29 heavy (non-hydrogen) atoms. The van der Waals surface area contributed by atoms with E-state index in [1.54, 1.807) is 12.1 Å². The number of rotatable bonds is 8. The maximum atomic E-state index is 12.8. The molecule has 0 spiro atoms. The zero-order valence-corrected chi connectivity index (χ0v) is 16.8. The van der Waals surface area contributed by atoms with Crippen LogP contribution < -0.4 is 10.1 Å². The summed E-state index contributed by atoms with van der Waals surface area (Å²) in [6.45, 7) is 0.872. The highest BCUT2D eigenvalue weighted by molar-refractivity contribution is 7.91. The van der Waals surface area contributed by atoms with Crippen molar-refractivity contribution in [3.05, 3.63) is 30.1 Å². The van der Waals surface area contributed by atoms with E-state index in [1.807, 2.05) is 0 Å². The van der Waals surface area contributed by atoms with Crippen molar-refractivity contribution in [2.75, 3.05) is 24.7 Å². The molecule has 0 radical (unpaired) electrons. The van der Waals surface area contributed by atoms with Crippen LogP contribution in [0, 0.1) is 5.82 Å². The molecule has 2 heterocycles. The second kappa shape index (κ2) is 9.34. The van der Waals surface area contributed by atoms with Crippen molar-refractivity contribution in [1.82, 2.24) is 10.3 Å². The molecule has 0 aromatic heterocycles. The van der Waals surface area contributed by atoms with Gasteiger partial charge in [-0.3, -0.25) is 9.59 Å². The first kappa shape index (κ1) is 21.2. The number of benzene rings is 1. The van der Waals surface area contributed by atoms with Crippen LogP contribution >= 0.6 is 0 Å². The Hall–Kier alpha value is -2.49. The lowest BCUT2D eigenvalue weighted by molar-refractivity contribution is -0.133. The molecule has 1 unspecified atom stereocenters. The lowest BCUT2D eigenvalue weighted by Crippen LogP contribution is -2.44. The third-order valence-electron chi connectivity index (χ3n) is 4.82. The van der Waals surface area contributed by atoms with E-state index >= 15 is 0 Å². The summed E-state index contributed by atoms with van der Waals surface area (Å²) in [4.78, 5) is 24.4. The summed E-state index contributed by atoms with van der Waals surface area (Å²) in [6.07, 6.45) is 2.13. The Morgan fingerprint density at radius 2 is 2.00 bits per heavy atom. The topological polar surface area (TPSA) is 105 Å². The number of halogens is 1. The minimum atomic E-state index is -3.15. The summed E-state index contributed by atoms with van der Waals surface area (Å²) >= 11 is 0. The zero-order valence-electron chi connectivity index (χ0n) is 16.0. The summed E-state index contributed by atoms with van der Waals surface area (Å²) < 4.78 is 41.6. The fourth-order valence-corrected chi connectivity index (χ4v) is 4.93. The molecule has 2 amide bonds. The standard InChI is InChI=1S/C19H24FN3O5S/c20-14-3-5-16(6-4-14)28-11-2-1-10-21-19(25)17-7-8-18(24)23(22-17)15-9-12-29(26,27)13-15/h3-6,15H,1-2,7-13H2,(H,21,25). The van der Waals surface area contributed by atoms with Crippen LogP contribution in [0.4, 0.5) is 4.39 Å². The first-order valence-electron chi connectivity index (χ1n) is 9.60. The molecule has 1 atom stereocenters. The summed E-state index contributed by atoms with van der Waals surface area (Å²) in [5, 5.41) is 8.09. The largest absolute Gasteiger partial charge is 0.494 e. The van der Waals surface area contributed by atoms with E-state index in [1.165, 1.54) is 17.1 Å². The van der Waals surface area contributed by atoms with E-state index in [0.717, 1.165) is 0 Å². The predicted molar refractivity (Wildman–Crippen MR) is 105 cm³/mol. The van der Waals surface area contributed by atoms with Crippen LogP contribution in [-0.4, -0.2) is 61.7 Å². The third kappa shape index (κ3) is 5.99. The second-order valence-corrected chi connectivity index (χ2v) is 9.34. The van der Waals surface area contributed by atoms with Crippen molar-refractivity contribution in [2.24, 2.45) is 5.10 Å². The molecular formula is C19H24FN3O5S. The smallest absolute Gasteiger partial charge is 0.267 e. The van der Waals surface area contributed by atoms with E-state index in [9.17, 15) is 22.4 Å². The fraction of sp³-hybridized carbons (Fsp3) is 0.526. The molecule has 8 nitrogen and oxygen atoms in total. The fourth-order valence-electron chi connectivity index (χ4n) is 3.24. The molecule has 3 rings (SSSR count). The Labute approximate surface area is 169 Å². The number of hydrazone groups is 1. The molecule has 1 fully saturated rings. The van der Waals surface area contributed by atoms with Crippen LogP contribution in [0.15, 0.2) is 29.4 Å². The van der Waals surface area contributed by atoms with Gasteiger partial charge in [0.15, 0.2) is 9.84 Å². The van der Waals surface area contributed by atoms with Crippen molar-refractivity contribution in [1.29, 1.82) is 0 Å². The van der Waals surface area contributed by atoms with Crippen LogP contribution in [0.3, 0.4) is 0 Å². The summed E-state index contributed by atoms with van der Waals surface area (Å²) in [6, 6.07) is 5.28. The molecule has 1 N–H and O–H groups in total. The summed E-state index contributed by atoms with van der Waals surface area (Å²) in [7, 11) is -3.15. The highest BCUT2D eigenvalue weighted by atomic mass is 32.2. The molecule has 2 aliphatic rings. The Bertz CT molecular complexity index is 886. The van der Waals surface area contributed by atoms with Crippen molar-refractivity contribution in [2.45, 2.75) is 38.1 Å². The minimum absolute atomic E-state index is 0.0402. The minimum Gasteiger partial charge on any atom is -0.494 e. The number of amides is 2. The van der Waals surface area contributed by atoms with Crippen LogP contribution in [0.5, 0.6) is 5.75 Å². The quantitative estimate of drug-likeness (QED) is 0.632. The number of unbranched alkanes of at least 4 members (excludes halogenated alkanes) is 1. The highest BCUT2D eigenvalue weighted by Gasteiger charge is 2.37. The first-order valence-corrected chi connectivity index (χ1v) is 11.4. The molecule has 1 saturated heterocycles. The van der Waals surface area contributed by atoms with E-state index in [4.69, 9.17) is 4.74 Å². The molecule has 2 aliphatic heterocycles. The van der Waals surface area contributed by atoms with Crippen molar-refractivity contribution < 1.29 is 27.1 Å². The molecule has 1 aromatic carbocycles. The van der Waals surface area contributed by atoms with E-state index in [0.29, 0.717) is 38.2 Å². The Kier molecular flexibility index (Phi) is 6.83. The van der Waals surface area contributed by atoms with E-state index < -0.39 is 15.9 Å². The Morgan fingerprint density at radius 1 is 1.24 bits per heavy atom. The summed E-state index contributed by atoms with van der Waals surface area (Å²) in [5.74, 6) is -0.389. The molecule has 0 bridgehead atoms. The zero-order chi connectivity index (χ0) is 20.9. The van der Waals surface area contributed by atoms with Gasteiger partial charge < -0.3 is 10.1 Å². The van der Waals surface area contributed by atoms with Gasteiger partial charge >= 0.3 is 0 Å². The normalized spacial score (nSPS) is 21.0. The maximum Gasteiger partial charge on any atom is 0.267 e. The lowest BCUT2D eigenvalue weighted by atomic mass is 10.1. The van der Waals surface area contributed by atoms with Gasteiger partial charge in [0.2, 0.25) is 5.91 Å². The molecular weight excluding hydrogens is 401 g/mol. The Morgan fingerprint density at radius 3 is 2.69 bits per heavy atom. The number of hydrogen-bond donors (Lipinski definition) is 1. The van der Waals surface area contributed by atoms with E-state index in [-0.39, 0.29) is 47.7 Å². The number of ether oxygens (including phenoxy) is 1. The predicted octanol–water partition coefficient (Wildman–Crippen LogP) is 1.27. The van der Waals surface area contributed by atoms with Crippen molar-refractivity contribution in [3.63, 3.8) is 0 Å². The Balaban J connectivity index is 1.41. The molecule has 0 aliphatic carbocycles. The van der Waals surface area contributed by atoms with Crippen LogP contribution in [0.1, 0.15) is 32.1 Å². The maximum absolute atomic E-state index is 12.8. The van der Waals surface area contributed by atoms with Gasteiger partial charge in [-0.2, -0.15) is 5.10 Å². The average Bonchev–Trinajstić information content (AvgIpc) is 3.05. The van der Waals surface area contributed by atoms with Crippen LogP contribution in [0.25, 0.3) is 0 Å². The number of hydrogen-bond acceptors (Lipinski definition) is 6.